The van der Waals surface area contributed by atoms with Gasteiger partial charge in [-0.3, -0.25) is 0 Å². The largest absolute Gasteiger partial charge is 0.477 e. The average molecular weight is 392 g/mol. The van der Waals surface area contributed by atoms with Crippen LogP contribution < -0.4 is 0 Å². The fourth-order valence-electron chi connectivity index (χ4n) is 1.44. The van der Waals surface area contributed by atoms with E-state index in [-0.39, 0.29) is 5.69 Å². The maximum absolute atomic E-state index is 11.1. The highest BCUT2D eigenvalue weighted by atomic mass is 127. The molecule has 0 saturated heterocycles. The molecule has 0 atom stereocenters. The number of aromatic carboxylic acids is 1. The van der Waals surface area contributed by atoms with E-state index in [4.69, 9.17) is 5.11 Å². The molecule has 2 aromatic rings. The van der Waals surface area contributed by atoms with Crippen LogP contribution in [0.5, 0.6) is 0 Å². The van der Waals surface area contributed by atoms with Gasteiger partial charge < -0.3 is 9.67 Å². The molecule has 0 aliphatic heterocycles. The highest BCUT2D eigenvalue weighted by molar-refractivity contribution is 14.1. The van der Waals surface area contributed by atoms with Crippen LogP contribution in [0.1, 0.15) is 10.5 Å². The molecule has 0 fully saturated rings. The monoisotopic (exact) mass is 391 g/mol. The predicted molar refractivity (Wildman–Crippen MR) is 73.1 cm³/mol. The summed E-state index contributed by atoms with van der Waals surface area (Å²) in [7, 11) is 0. The number of hydrogen-bond acceptors (Lipinski definition) is 1. The van der Waals surface area contributed by atoms with Gasteiger partial charge in [-0.15, -0.1) is 0 Å². The van der Waals surface area contributed by atoms with E-state index in [9.17, 15) is 4.79 Å². The molecule has 0 bridgehead atoms. The Morgan fingerprint density at radius 3 is 2.69 bits per heavy atom. The van der Waals surface area contributed by atoms with Crippen LogP contribution >= 0.6 is 38.5 Å². The van der Waals surface area contributed by atoms with Gasteiger partial charge in [-0.25, -0.2) is 4.79 Å². The first-order valence-corrected chi connectivity index (χ1v) is 6.33. The number of carboxylic acids is 1. The fraction of sp³-hybridized carbons (Fsp3) is 0. The second-order valence-electron chi connectivity index (χ2n) is 3.17. The molecule has 5 heteroatoms. The zero-order valence-corrected chi connectivity index (χ0v) is 11.8. The quantitative estimate of drug-likeness (QED) is 0.795. The molecule has 1 aromatic heterocycles. The number of benzene rings is 1. The summed E-state index contributed by atoms with van der Waals surface area (Å²) < 4.78 is 3.42. The Kier molecular flexibility index (Phi) is 3.34. The van der Waals surface area contributed by atoms with E-state index >= 15 is 0 Å². The van der Waals surface area contributed by atoms with E-state index in [1.807, 2.05) is 24.3 Å². The van der Waals surface area contributed by atoms with Crippen molar-refractivity contribution in [2.45, 2.75) is 0 Å². The number of para-hydroxylation sites is 1. The van der Waals surface area contributed by atoms with Crippen molar-refractivity contribution in [1.29, 1.82) is 0 Å². The average Bonchev–Trinajstić information content (AvgIpc) is 2.61. The number of aromatic nitrogens is 1. The predicted octanol–water partition coefficient (Wildman–Crippen LogP) is 3.54. The molecule has 0 amide bonds. The molecule has 1 heterocycles. The maximum Gasteiger partial charge on any atom is 0.352 e. The number of carbonyl (C=O) groups is 1. The van der Waals surface area contributed by atoms with E-state index in [1.54, 1.807) is 16.8 Å². The smallest absolute Gasteiger partial charge is 0.352 e. The van der Waals surface area contributed by atoms with Crippen LogP contribution in [0.4, 0.5) is 0 Å². The van der Waals surface area contributed by atoms with Gasteiger partial charge in [0.1, 0.15) is 5.69 Å². The van der Waals surface area contributed by atoms with Gasteiger partial charge in [-0.2, -0.15) is 0 Å². The lowest BCUT2D eigenvalue weighted by molar-refractivity contribution is 0.0688. The molecule has 0 radical (unpaired) electrons. The molecule has 0 unspecified atom stereocenters. The third-order valence-corrected chi connectivity index (χ3v) is 3.38. The standard InChI is InChI=1S/C11H7BrINO2/c12-8-3-1-2-4-9(8)14-6-7(13)5-10(14)11(15)16/h1-6H,(H,15,16). The second kappa shape index (κ2) is 4.58. The van der Waals surface area contributed by atoms with Crippen LogP contribution in [0.3, 0.4) is 0 Å². The zero-order chi connectivity index (χ0) is 11.7. The van der Waals surface area contributed by atoms with Crippen molar-refractivity contribution < 1.29 is 9.90 Å². The Labute approximate surface area is 114 Å². The zero-order valence-electron chi connectivity index (χ0n) is 8.02. The lowest BCUT2D eigenvalue weighted by atomic mass is 10.3. The minimum atomic E-state index is -0.932. The molecule has 0 aliphatic rings. The molecule has 16 heavy (non-hydrogen) atoms. The second-order valence-corrected chi connectivity index (χ2v) is 5.27. The first-order valence-electron chi connectivity index (χ1n) is 4.45. The number of rotatable bonds is 2. The van der Waals surface area contributed by atoms with Gasteiger partial charge in [-0.1, -0.05) is 12.1 Å². The SMILES string of the molecule is O=C(O)c1cc(I)cn1-c1ccccc1Br. The van der Waals surface area contributed by atoms with E-state index in [2.05, 4.69) is 38.5 Å². The fourth-order valence-corrected chi connectivity index (χ4v) is 2.49. The molecule has 2 rings (SSSR count). The molecule has 82 valence electrons. The summed E-state index contributed by atoms with van der Waals surface area (Å²) in [6.07, 6.45) is 1.80. The number of nitrogens with zero attached hydrogens (tertiary/aromatic N) is 1. The van der Waals surface area contributed by atoms with E-state index < -0.39 is 5.97 Å². The van der Waals surface area contributed by atoms with Crippen molar-refractivity contribution in [2.75, 3.05) is 0 Å². The van der Waals surface area contributed by atoms with E-state index in [0.717, 1.165) is 13.7 Å². The topological polar surface area (TPSA) is 42.2 Å². The summed E-state index contributed by atoms with van der Waals surface area (Å²) in [6.45, 7) is 0. The van der Waals surface area contributed by atoms with Crippen LogP contribution in [0, 0.1) is 3.57 Å². The maximum atomic E-state index is 11.1. The van der Waals surface area contributed by atoms with E-state index in [0.29, 0.717) is 0 Å². The highest BCUT2D eigenvalue weighted by Crippen LogP contribution is 2.24. The Morgan fingerprint density at radius 2 is 2.06 bits per heavy atom. The van der Waals surface area contributed by atoms with Crippen LogP contribution in [0.2, 0.25) is 0 Å². The van der Waals surface area contributed by atoms with Crippen LogP contribution in [-0.2, 0) is 0 Å². The third-order valence-electron chi connectivity index (χ3n) is 2.12. The Bertz CT molecular complexity index is 551. The Morgan fingerprint density at radius 1 is 1.38 bits per heavy atom. The van der Waals surface area contributed by atoms with Gasteiger partial charge in [0.05, 0.1) is 5.69 Å². The number of hydrogen-bond donors (Lipinski definition) is 1. The molecule has 0 saturated carbocycles. The van der Waals surface area contributed by atoms with Crippen molar-refractivity contribution in [1.82, 2.24) is 4.57 Å². The van der Waals surface area contributed by atoms with Gasteiger partial charge in [0.15, 0.2) is 0 Å². The normalized spacial score (nSPS) is 10.4. The molecular formula is C11H7BrINO2. The molecule has 3 nitrogen and oxygen atoms in total. The molecule has 1 aromatic carbocycles. The number of halogens is 2. The van der Waals surface area contributed by atoms with Gasteiger partial charge in [0.2, 0.25) is 0 Å². The summed E-state index contributed by atoms with van der Waals surface area (Å²) in [5.74, 6) is -0.932. The van der Waals surface area contributed by atoms with Gasteiger partial charge in [0, 0.05) is 14.2 Å². The minimum absolute atomic E-state index is 0.260. The number of carboxylic acid groups (broad SMARTS) is 1. The van der Waals surface area contributed by atoms with Crippen molar-refractivity contribution in [3.05, 3.63) is 50.3 Å². The molecule has 0 spiro atoms. The van der Waals surface area contributed by atoms with Crippen molar-refractivity contribution in [3.8, 4) is 5.69 Å². The molecule has 1 N–H and O–H groups in total. The Balaban J connectivity index is 2.64. The molecule has 0 aliphatic carbocycles. The summed E-state index contributed by atoms with van der Waals surface area (Å²) >= 11 is 5.51. The first-order chi connectivity index (χ1) is 7.59. The summed E-state index contributed by atoms with van der Waals surface area (Å²) in [5.41, 5.74) is 1.08. The van der Waals surface area contributed by atoms with Crippen molar-refractivity contribution in [3.63, 3.8) is 0 Å². The summed E-state index contributed by atoms with van der Waals surface area (Å²) in [6, 6.07) is 9.16. The minimum Gasteiger partial charge on any atom is -0.477 e. The Hall–Kier alpha value is -0.820. The van der Waals surface area contributed by atoms with Crippen LogP contribution in [0.25, 0.3) is 5.69 Å². The van der Waals surface area contributed by atoms with E-state index in [1.165, 1.54) is 0 Å². The molecular weight excluding hydrogens is 385 g/mol. The first kappa shape index (κ1) is 11.7. The van der Waals surface area contributed by atoms with Gasteiger partial charge >= 0.3 is 5.97 Å². The van der Waals surface area contributed by atoms with Crippen LogP contribution in [-0.4, -0.2) is 15.6 Å². The van der Waals surface area contributed by atoms with Crippen molar-refractivity contribution >= 4 is 44.5 Å². The van der Waals surface area contributed by atoms with Crippen LogP contribution in [0.15, 0.2) is 41.0 Å². The lowest BCUT2D eigenvalue weighted by Crippen LogP contribution is -2.05. The van der Waals surface area contributed by atoms with Gasteiger partial charge in [-0.05, 0) is 56.7 Å². The van der Waals surface area contributed by atoms with Crippen molar-refractivity contribution in [2.24, 2.45) is 0 Å². The summed E-state index contributed by atoms with van der Waals surface area (Å²) in [4.78, 5) is 11.1. The highest BCUT2D eigenvalue weighted by Gasteiger charge is 2.14. The lowest BCUT2D eigenvalue weighted by Gasteiger charge is -2.07. The summed E-state index contributed by atoms with van der Waals surface area (Å²) in [5, 5.41) is 9.09. The third kappa shape index (κ3) is 2.15. The van der Waals surface area contributed by atoms with Gasteiger partial charge in [0.25, 0.3) is 0 Å².